The summed E-state index contributed by atoms with van der Waals surface area (Å²) < 4.78 is 13.2. The molecule has 1 aromatic heterocycles. The molecular formula is C23H21FN2O. The zero-order valence-corrected chi connectivity index (χ0v) is 15.0. The molecule has 27 heavy (non-hydrogen) atoms. The van der Waals surface area contributed by atoms with E-state index in [1.54, 1.807) is 6.20 Å². The van der Waals surface area contributed by atoms with Crippen LogP contribution in [0, 0.1) is 5.82 Å². The highest BCUT2D eigenvalue weighted by atomic mass is 19.1. The smallest absolute Gasteiger partial charge is 0.273 e. The molecule has 2 unspecified atom stereocenters. The largest absolute Gasteiger partial charge is 0.331 e. The lowest BCUT2D eigenvalue weighted by Crippen LogP contribution is -2.46. The van der Waals surface area contributed by atoms with Crippen LogP contribution in [0.25, 0.3) is 10.8 Å². The molecule has 2 bridgehead atoms. The van der Waals surface area contributed by atoms with Gasteiger partial charge in [-0.15, -0.1) is 0 Å². The molecule has 3 aromatic rings. The van der Waals surface area contributed by atoms with Gasteiger partial charge in [-0.25, -0.2) is 4.39 Å². The fourth-order valence-corrected chi connectivity index (χ4v) is 4.93. The number of nitrogens with zero attached hydrogens (tertiary/aromatic N) is 2. The predicted molar refractivity (Wildman–Crippen MR) is 103 cm³/mol. The van der Waals surface area contributed by atoms with Crippen LogP contribution in [0.2, 0.25) is 0 Å². The van der Waals surface area contributed by atoms with Gasteiger partial charge in [0.25, 0.3) is 5.91 Å². The van der Waals surface area contributed by atoms with Gasteiger partial charge < -0.3 is 4.90 Å². The highest BCUT2D eigenvalue weighted by Crippen LogP contribution is 2.43. The maximum atomic E-state index is 13.4. The SMILES string of the molecule is O=C(c1nccc2ccccc12)N1C2CCC1CC(c1ccc(F)cc1)C2. The van der Waals surface area contributed by atoms with Crippen molar-refractivity contribution in [2.45, 2.75) is 43.7 Å². The van der Waals surface area contributed by atoms with E-state index >= 15 is 0 Å². The summed E-state index contributed by atoms with van der Waals surface area (Å²) in [5, 5.41) is 1.97. The Morgan fingerprint density at radius 1 is 0.963 bits per heavy atom. The van der Waals surface area contributed by atoms with E-state index in [9.17, 15) is 9.18 Å². The molecule has 2 aromatic carbocycles. The minimum absolute atomic E-state index is 0.0526. The van der Waals surface area contributed by atoms with E-state index in [0.29, 0.717) is 11.6 Å². The van der Waals surface area contributed by atoms with Crippen LogP contribution in [0.15, 0.2) is 60.8 Å². The van der Waals surface area contributed by atoms with Crippen LogP contribution in [0.5, 0.6) is 0 Å². The zero-order valence-electron chi connectivity index (χ0n) is 15.0. The first-order chi connectivity index (χ1) is 13.2. The fourth-order valence-electron chi connectivity index (χ4n) is 4.93. The first-order valence-electron chi connectivity index (χ1n) is 9.62. The van der Waals surface area contributed by atoms with Gasteiger partial charge in [0.05, 0.1) is 0 Å². The number of piperidine rings is 1. The molecule has 1 amide bonds. The Morgan fingerprint density at radius 2 is 1.67 bits per heavy atom. The van der Waals surface area contributed by atoms with Crippen LogP contribution < -0.4 is 0 Å². The molecule has 3 nitrogen and oxygen atoms in total. The average Bonchev–Trinajstić information content (AvgIpc) is 2.97. The molecule has 3 heterocycles. The van der Waals surface area contributed by atoms with Gasteiger partial charge in [0.1, 0.15) is 11.5 Å². The lowest BCUT2D eigenvalue weighted by Gasteiger charge is -2.39. The second-order valence-electron chi connectivity index (χ2n) is 7.70. The quantitative estimate of drug-likeness (QED) is 0.649. The van der Waals surface area contributed by atoms with Crippen molar-refractivity contribution >= 4 is 16.7 Å². The summed E-state index contributed by atoms with van der Waals surface area (Å²) in [5.41, 5.74) is 1.74. The van der Waals surface area contributed by atoms with E-state index in [2.05, 4.69) is 9.88 Å². The average molecular weight is 360 g/mol. The van der Waals surface area contributed by atoms with Gasteiger partial charge in [-0.3, -0.25) is 9.78 Å². The number of carbonyl (C=O) groups is 1. The highest BCUT2D eigenvalue weighted by molar-refractivity contribution is 6.05. The molecule has 4 heteroatoms. The van der Waals surface area contributed by atoms with Crippen molar-refractivity contribution in [3.8, 4) is 0 Å². The molecular weight excluding hydrogens is 339 g/mol. The minimum Gasteiger partial charge on any atom is -0.331 e. The lowest BCUT2D eigenvalue weighted by atomic mass is 9.85. The molecule has 5 rings (SSSR count). The van der Waals surface area contributed by atoms with Gasteiger partial charge in [-0.05, 0) is 60.7 Å². The zero-order chi connectivity index (χ0) is 18.4. The lowest BCUT2D eigenvalue weighted by molar-refractivity contribution is 0.0567. The summed E-state index contributed by atoms with van der Waals surface area (Å²) in [6.45, 7) is 0. The Balaban J connectivity index is 1.44. The number of rotatable bonds is 2. The Labute approximate surface area is 157 Å². The van der Waals surface area contributed by atoms with Crippen LogP contribution in [0.4, 0.5) is 4.39 Å². The number of amides is 1. The molecule has 0 N–H and O–H groups in total. The number of fused-ring (bicyclic) bond motifs is 3. The van der Waals surface area contributed by atoms with Crippen molar-refractivity contribution < 1.29 is 9.18 Å². The molecule has 0 spiro atoms. The molecule has 2 fully saturated rings. The summed E-state index contributed by atoms with van der Waals surface area (Å²) in [6, 6.07) is 17.2. The van der Waals surface area contributed by atoms with Crippen LogP contribution in [0.3, 0.4) is 0 Å². The number of halogens is 1. The van der Waals surface area contributed by atoms with Gasteiger partial charge in [-0.2, -0.15) is 0 Å². The van der Waals surface area contributed by atoms with Crippen LogP contribution in [0.1, 0.15) is 47.7 Å². The van der Waals surface area contributed by atoms with E-state index in [1.165, 1.54) is 17.7 Å². The topological polar surface area (TPSA) is 33.2 Å². The van der Waals surface area contributed by atoms with Crippen molar-refractivity contribution in [2.75, 3.05) is 0 Å². The number of hydrogen-bond acceptors (Lipinski definition) is 2. The molecule has 0 radical (unpaired) electrons. The van der Waals surface area contributed by atoms with Gasteiger partial charge >= 0.3 is 0 Å². The second kappa shape index (κ2) is 6.45. The minimum atomic E-state index is -0.198. The number of benzene rings is 2. The van der Waals surface area contributed by atoms with E-state index in [-0.39, 0.29) is 23.8 Å². The maximum Gasteiger partial charge on any atom is 0.273 e. The highest BCUT2D eigenvalue weighted by Gasteiger charge is 2.44. The monoisotopic (exact) mass is 360 g/mol. The fraction of sp³-hybridized carbons (Fsp3) is 0.304. The second-order valence-corrected chi connectivity index (χ2v) is 7.70. The number of aromatic nitrogens is 1. The van der Waals surface area contributed by atoms with Gasteiger partial charge in [0, 0.05) is 23.7 Å². The molecule has 2 saturated heterocycles. The summed E-state index contributed by atoms with van der Waals surface area (Å²) in [5.74, 6) is 0.251. The van der Waals surface area contributed by atoms with E-state index in [4.69, 9.17) is 0 Å². The van der Waals surface area contributed by atoms with Gasteiger partial charge in [-0.1, -0.05) is 36.4 Å². The Bertz CT molecular complexity index is 981. The third kappa shape index (κ3) is 2.80. The van der Waals surface area contributed by atoms with Crippen molar-refractivity contribution in [3.63, 3.8) is 0 Å². The molecule has 2 aliphatic heterocycles. The van der Waals surface area contributed by atoms with Gasteiger partial charge in [0.15, 0.2) is 0 Å². The summed E-state index contributed by atoms with van der Waals surface area (Å²) >= 11 is 0. The van der Waals surface area contributed by atoms with E-state index in [0.717, 1.165) is 36.5 Å². The Kier molecular flexibility index (Phi) is 3.92. The summed E-state index contributed by atoms with van der Waals surface area (Å²) in [6.07, 6.45) is 5.69. The normalized spacial score (nSPS) is 24.3. The van der Waals surface area contributed by atoms with Crippen LogP contribution in [-0.4, -0.2) is 27.9 Å². The van der Waals surface area contributed by atoms with Crippen molar-refractivity contribution in [2.24, 2.45) is 0 Å². The first kappa shape index (κ1) is 16.4. The maximum absolute atomic E-state index is 13.4. The van der Waals surface area contributed by atoms with E-state index in [1.807, 2.05) is 42.5 Å². The number of carbonyl (C=O) groups excluding carboxylic acids is 1. The molecule has 136 valence electrons. The molecule has 2 aliphatic rings. The molecule has 0 saturated carbocycles. The summed E-state index contributed by atoms with van der Waals surface area (Å²) in [4.78, 5) is 19.9. The van der Waals surface area contributed by atoms with Crippen LogP contribution in [-0.2, 0) is 0 Å². The van der Waals surface area contributed by atoms with E-state index < -0.39 is 0 Å². The Morgan fingerprint density at radius 3 is 2.41 bits per heavy atom. The summed E-state index contributed by atoms with van der Waals surface area (Å²) in [7, 11) is 0. The number of hydrogen-bond donors (Lipinski definition) is 0. The number of pyridine rings is 1. The Hall–Kier alpha value is -2.75. The standard InChI is InChI=1S/C23H21FN2O/c24-18-7-5-15(6-8-18)17-13-19-9-10-20(14-17)26(19)23(27)22-21-4-2-1-3-16(21)11-12-25-22/h1-8,11-12,17,19-20H,9-10,13-14H2. The first-order valence-corrected chi connectivity index (χ1v) is 9.62. The van der Waals surface area contributed by atoms with Crippen molar-refractivity contribution in [3.05, 3.63) is 77.9 Å². The van der Waals surface area contributed by atoms with Gasteiger partial charge in [0.2, 0.25) is 0 Å². The molecule has 2 atom stereocenters. The predicted octanol–water partition coefficient (Wildman–Crippen LogP) is 4.92. The van der Waals surface area contributed by atoms with Crippen LogP contribution >= 0.6 is 0 Å². The third-order valence-corrected chi connectivity index (χ3v) is 6.19. The third-order valence-electron chi connectivity index (χ3n) is 6.19. The van der Waals surface area contributed by atoms with Crippen molar-refractivity contribution in [1.29, 1.82) is 0 Å². The molecule has 0 aliphatic carbocycles. The van der Waals surface area contributed by atoms with Crippen molar-refractivity contribution in [1.82, 2.24) is 9.88 Å².